The van der Waals surface area contributed by atoms with Gasteiger partial charge in [-0.15, -0.1) is 0 Å². The summed E-state index contributed by atoms with van der Waals surface area (Å²) in [6.07, 6.45) is 0.499. The van der Waals surface area contributed by atoms with Gasteiger partial charge in [0.15, 0.2) is 0 Å². The fraction of sp³-hybridized carbons (Fsp3) is 0.125. The first-order valence-corrected chi connectivity index (χ1v) is 7.75. The summed E-state index contributed by atoms with van der Waals surface area (Å²) >= 11 is 12.0. The van der Waals surface area contributed by atoms with Crippen LogP contribution in [0.4, 0.5) is 5.69 Å². The summed E-state index contributed by atoms with van der Waals surface area (Å²) < 4.78 is 0. The molecule has 2 rings (SSSR count). The van der Waals surface area contributed by atoms with Crippen LogP contribution in [0.25, 0.3) is 0 Å². The third kappa shape index (κ3) is 4.10. The van der Waals surface area contributed by atoms with E-state index in [0.717, 1.165) is 0 Å². The number of carbonyl (C=O) groups is 1. The molecular weight excluding hydrogens is 353 g/mol. The molecule has 0 aliphatic carbocycles. The van der Waals surface area contributed by atoms with E-state index in [-0.39, 0.29) is 11.3 Å². The molecule has 0 aromatic heterocycles. The number of nitro benzene ring substituents is 1. The first-order valence-electron chi connectivity index (χ1n) is 6.99. The molecule has 0 aliphatic rings. The van der Waals surface area contributed by atoms with Crippen molar-refractivity contribution in [2.24, 2.45) is 5.10 Å². The zero-order chi connectivity index (χ0) is 17.7. The van der Waals surface area contributed by atoms with Crippen LogP contribution in [0.5, 0.6) is 0 Å². The average molecular weight is 366 g/mol. The highest BCUT2D eigenvalue weighted by molar-refractivity contribution is 6.37. The Morgan fingerprint density at radius 1 is 1.21 bits per heavy atom. The van der Waals surface area contributed by atoms with E-state index in [0.29, 0.717) is 27.7 Å². The van der Waals surface area contributed by atoms with Crippen molar-refractivity contribution >= 4 is 40.5 Å². The highest BCUT2D eigenvalue weighted by Crippen LogP contribution is 2.22. The van der Waals surface area contributed by atoms with Crippen LogP contribution < -0.4 is 5.43 Å². The minimum atomic E-state index is -0.668. The van der Waals surface area contributed by atoms with E-state index >= 15 is 0 Å². The summed E-state index contributed by atoms with van der Waals surface area (Å²) in [5.41, 5.74) is 3.15. The summed E-state index contributed by atoms with van der Waals surface area (Å²) in [4.78, 5) is 22.5. The van der Waals surface area contributed by atoms with Gasteiger partial charge >= 0.3 is 0 Å². The largest absolute Gasteiger partial charge is 0.282 e. The Kier molecular flexibility index (Phi) is 5.89. The highest BCUT2D eigenvalue weighted by Gasteiger charge is 2.19. The maximum absolute atomic E-state index is 12.2. The number of nitrogens with zero attached hydrogens (tertiary/aromatic N) is 2. The smallest absolute Gasteiger partial charge is 0.267 e. The zero-order valence-electron chi connectivity index (χ0n) is 12.6. The first-order chi connectivity index (χ1) is 11.4. The molecule has 0 unspecified atom stereocenters. The van der Waals surface area contributed by atoms with E-state index in [1.165, 1.54) is 18.2 Å². The molecule has 124 valence electrons. The maximum Gasteiger partial charge on any atom is 0.282 e. The van der Waals surface area contributed by atoms with Gasteiger partial charge in [-0.05, 0) is 24.6 Å². The van der Waals surface area contributed by atoms with Gasteiger partial charge in [-0.2, -0.15) is 5.10 Å². The number of hydrogen-bond donors (Lipinski definition) is 1. The van der Waals surface area contributed by atoms with Crippen molar-refractivity contribution in [2.45, 2.75) is 13.3 Å². The van der Waals surface area contributed by atoms with Gasteiger partial charge < -0.3 is 0 Å². The molecule has 2 aromatic carbocycles. The van der Waals surface area contributed by atoms with Crippen molar-refractivity contribution < 1.29 is 9.72 Å². The highest BCUT2D eigenvalue weighted by atomic mass is 35.5. The average Bonchev–Trinajstić information content (AvgIpc) is 2.56. The molecule has 0 saturated heterocycles. The Labute approximate surface area is 148 Å². The number of carbonyl (C=O) groups excluding carboxylic acids is 1. The SMILES string of the molecule is CCC(=NNC(=O)c1ccccc1[N+](=O)[O-])c1ccc(Cl)cc1Cl. The summed E-state index contributed by atoms with van der Waals surface area (Å²) in [7, 11) is 0. The number of hydrazone groups is 1. The summed E-state index contributed by atoms with van der Waals surface area (Å²) in [6, 6.07) is 10.6. The Morgan fingerprint density at radius 3 is 2.54 bits per heavy atom. The van der Waals surface area contributed by atoms with Gasteiger partial charge in [-0.25, -0.2) is 5.43 Å². The number of benzene rings is 2. The normalized spacial score (nSPS) is 11.2. The molecule has 0 spiro atoms. The topological polar surface area (TPSA) is 84.6 Å². The number of hydrogen-bond acceptors (Lipinski definition) is 4. The van der Waals surface area contributed by atoms with Crippen LogP contribution in [0, 0.1) is 10.1 Å². The fourth-order valence-corrected chi connectivity index (χ4v) is 2.57. The van der Waals surface area contributed by atoms with E-state index in [9.17, 15) is 14.9 Å². The predicted molar refractivity (Wildman–Crippen MR) is 93.9 cm³/mol. The molecule has 2 aromatic rings. The van der Waals surface area contributed by atoms with Gasteiger partial charge in [0.2, 0.25) is 0 Å². The molecule has 1 amide bonds. The van der Waals surface area contributed by atoms with Crippen LogP contribution in [0.3, 0.4) is 0 Å². The van der Waals surface area contributed by atoms with Crippen molar-refractivity contribution in [3.8, 4) is 0 Å². The molecule has 1 N–H and O–H groups in total. The third-order valence-electron chi connectivity index (χ3n) is 3.21. The summed E-state index contributed by atoms with van der Waals surface area (Å²) in [6.45, 7) is 1.85. The van der Waals surface area contributed by atoms with Crippen molar-refractivity contribution in [2.75, 3.05) is 0 Å². The van der Waals surface area contributed by atoms with E-state index in [1.54, 1.807) is 24.3 Å². The molecule has 0 bridgehead atoms. The molecule has 0 saturated carbocycles. The van der Waals surface area contributed by atoms with Crippen LogP contribution in [0.1, 0.15) is 29.3 Å². The van der Waals surface area contributed by atoms with Gasteiger partial charge in [0.1, 0.15) is 5.56 Å². The second-order valence-electron chi connectivity index (χ2n) is 4.75. The molecule has 0 radical (unpaired) electrons. The van der Waals surface area contributed by atoms with Crippen LogP contribution in [-0.2, 0) is 0 Å². The molecule has 0 heterocycles. The van der Waals surface area contributed by atoms with Crippen LogP contribution in [0.2, 0.25) is 10.0 Å². The lowest BCUT2D eigenvalue weighted by Crippen LogP contribution is -2.21. The van der Waals surface area contributed by atoms with Gasteiger partial charge in [-0.3, -0.25) is 14.9 Å². The lowest BCUT2D eigenvalue weighted by molar-refractivity contribution is -0.385. The third-order valence-corrected chi connectivity index (χ3v) is 3.76. The zero-order valence-corrected chi connectivity index (χ0v) is 14.1. The number of amides is 1. The van der Waals surface area contributed by atoms with E-state index in [1.807, 2.05) is 6.92 Å². The van der Waals surface area contributed by atoms with Crippen molar-refractivity contribution in [3.05, 3.63) is 73.8 Å². The quantitative estimate of drug-likeness (QED) is 0.482. The van der Waals surface area contributed by atoms with Crippen molar-refractivity contribution in [1.29, 1.82) is 0 Å². The van der Waals surface area contributed by atoms with E-state index in [4.69, 9.17) is 23.2 Å². The van der Waals surface area contributed by atoms with Crippen molar-refractivity contribution in [3.63, 3.8) is 0 Å². The minimum absolute atomic E-state index is 0.0658. The standard InChI is InChI=1S/C16H13Cl2N3O3/c1-2-14(11-8-7-10(17)9-13(11)18)19-20-16(22)12-5-3-4-6-15(12)21(23)24/h3-9H,2H2,1H3,(H,20,22). The molecule has 0 atom stereocenters. The number of halogens is 2. The van der Waals surface area contributed by atoms with Gasteiger partial charge in [0.25, 0.3) is 11.6 Å². The summed E-state index contributed by atoms with van der Waals surface area (Å²) in [5, 5.41) is 15.9. The molecular formula is C16H13Cl2N3O3. The number of nitrogens with one attached hydrogen (secondary N) is 1. The van der Waals surface area contributed by atoms with Crippen molar-refractivity contribution in [1.82, 2.24) is 5.43 Å². The van der Waals surface area contributed by atoms with Gasteiger partial charge in [-0.1, -0.05) is 48.3 Å². The van der Waals surface area contributed by atoms with E-state index < -0.39 is 10.8 Å². The second kappa shape index (κ2) is 7.90. The van der Waals surface area contributed by atoms with Crippen LogP contribution in [-0.4, -0.2) is 16.5 Å². The van der Waals surface area contributed by atoms with Crippen LogP contribution >= 0.6 is 23.2 Å². The minimum Gasteiger partial charge on any atom is -0.267 e. The molecule has 0 fully saturated rings. The Balaban J connectivity index is 2.28. The monoisotopic (exact) mass is 365 g/mol. The van der Waals surface area contributed by atoms with E-state index in [2.05, 4.69) is 10.5 Å². The number of rotatable bonds is 5. The fourth-order valence-electron chi connectivity index (χ4n) is 2.06. The Morgan fingerprint density at radius 2 is 1.92 bits per heavy atom. The molecule has 8 heteroatoms. The number of para-hydroxylation sites is 1. The second-order valence-corrected chi connectivity index (χ2v) is 5.60. The predicted octanol–water partition coefficient (Wildman–Crippen LogP) is 4.45. The maximum atomic E-state index is 12.2. The Bertz CT molecular complexity index is 822. The lowest BCUT2D eigenvalue weighted by atomic mass is 10.1. The first kappa shape index (κ1) is 17.9. The molecule has 6 nitrogen and oxygen atoms in total. The van der Waals surface area contributed by atoms with Crippen LogP contribution in [0.15, 0.2) is 47.6 Å². The Hall–Kier alpha value is -2.44. The molecule has 24 heavy (non-hydrogen) atoms. The lowest BCUT2D eigenvalue weighted by Gasteiger charge is -2.08. The molecule has 0 aliphatic heterocycles. The van der Waals surface area contributed by atoms with Gasteiger partial charge in [0, 0.05) is 16.7 Å². The summed E-state index contributed by atoms with van der Waals surface area (Å²) in [5.74, 6) is -0.668. The van der Waals surface area contributed by atoms with Gasteiger partial charge in [0.05, 0.1) is 15.7 Å². The number of nitro groups is 1.